The van der Waals surface area contributed by atoms with Crippen LogP contribution in [0.1, 0.15) is 44.6 Å². The van der Waals surface area contributed by atoms with Crippen molar-refractivity contribution in [2.24, 2.45) is 10.9 Å². The molecule has 0 amide bonds. The van der Waals surface area contributed by atoms with Crippen LogP contribution in [0.15, 0.2) is 29.3 Å². The summed E-state index contributed by atoms with van der Waals surface area (Å²) >= 11 is 0. The standard InChI is InChI=1S/C23H39N3O3.HI/c1-3-4-16-29-22-8-6-20(7-9-22)10-14-26-23(24-2)25-13-5-15-28-19-21-11-17-27-18-12-21;/h6-9,21H,3-5,10-19H2,1-2H3,(H2,24,25,26);1H. The Morgan fingerprint density at radius 3 is 2.50 bits per heavy atom. The molecule has 1 aromatic rings. The number of unbranched alkanes of at least 4 members (excludes halogenated alkanes) is 1. The van der Waals surface area contributed by atoms with E-state index in [0.717, 1.165) is 96.4 Å². The van der Waals surface area contributed by atoms with Gasteiger partial charge >= 0.3 is 0 Å². The lowest BCUT2D eigenvalue weighted by Gasteiger charge is -2.21. The van der Waals surface area contributed by atoms with Crippen LogP contribution >= 0.6 is 24.0 Å². The first-order valence-electron chi connectivity index (χ1n) is 11.1. The third-order valence-electron chi connectivity index (χ3n) is 5.07. The Kier molecular flexibility index (Phi) is 15.8. The molecule has 0 saturated carbocycles. The number of hydrogen-bond acceptors (Lipinski definition) is 4. The SMILES string of the molecule is CCCCOc1ccc(CCNC(=NC)NCCCOCC2CCOCC2)cc1.I. The summed E-state index contributed by atoms with van der Waals surface area (Å²) in [5, 5.41) is 6.72. The minimum Gasteiger partial charge on any atom is -0.494 e. The van der Waals surface area contributed by atoms with E-state index in [4.69, 9.17) is 14.2 Å². The van der Waals surface area contributed by atoms with Crippen LogP contribution in [-0.2, 0) is 15.9 Å². The fourth-order valence-electron chi connectivity index (χ4n) is 3.18. The third-order valence-corrected chi connectivity index (χ3v) is 5.07. The Morgan fingerprint density at radius 1 is 1.07 bits per heavy atom. The van der Waals surface area contributed by atoms with E-state index in [9.17, 15) is 0 Å². The van der Waals surface area contributed by atoms with Gasteiger partial charge in [0.1, 0.15) is 5.75 Å². The van der Waals surface area contributed by atoms with Crippen molar-refractivity contribution < 1.29 is 14.2 Å². The highest BCUT2D eigenvalue weighted by Gasteiger charge is 2.13. The average molecular weight is 533 g/mol. The Morgan fingerprint density at radius 2 is 1.80 bits per heavy atom. The predicted octanol–water partition coefficient (Wildman–Crippen LogP) is 4.02. The minimum atomic E-state index is 0. The van der Waals surface area contributed by atoms with Crippen LogP contribution in [0.5, 0.6) is 5.75 Å². The molecule has 1 aliphatic rings. The van der Waals surface area contributed by atoms with Gasteiger partial charge in [-0.2, -0.15) is 0 Å². The molecular formula is C23H40IN3O3. The number of guanidine groups is 1. The van der Waals surface area contributed by atoms with Crippen molar-refractivity contribution in [2.45, 2.75) is 45.4 Å². The number of ether oxygens (including phenoxy) is 3. The van der Waals surface area contributed by atoms with Gasteiger partial charge in [-0.15, -0.1) is 24.0 Å². The van der Waals surface area contributed by atoms with Crippen molar-refractivity contribution in [3.8, 4) is 5.75 Å². The molecule has 7 heteroatoms. The van der Waals surface area contributed by atoms with E-state index in [0.29, 0.717) is 5.92 Å². The van der Waals surface area contributed by atoms with Gasteiger partial charge < -0.3 is 24.8 Å². The van der Waals surface area contributed by atoms with Crippen molar-refractivity contribution in [2.75, 3.05) is 53.2 Å². The maximum Gasteiger partial charge on any atom is 0.190 e. The van der Waals surface area contributed by atoms with Crippen LogP contribution in [0, 0.1) is 5.92 Å². The summed E-state index contributed by atoms with van der Waals surface area (Å²) in [5.41, 5.74) is 1.29. The lowest BCUT2D eigenvalue weighted by Crippen LogP contribution is -2.39. The number of benzene rings is 1. The number of nitrogens with one attached hydrogen (secondary N) is 2. The third kappa shape index (κ3) is 12.0. The number of aliphatic imine (C=N–C) groups is 1. The molecule has 0 radical (unpaired) electrons. The summed E-state index contributed by atoms with van der Waals surface area (Å²) in [4.78, 5) is 4.29. The second-order valence-electron chi connectivity index (χ2n) is 7.51. The van der Waals surface area contributed by atoms with Gasteiger partial charge in [0.15, 0.2) is 5.96 Å². The number of halogens is 1. The number of nitrogens with zero attached hydrogens (tertiary/aromatic N) is 1. The van der Waals surface area contributed by atoms with Gasteiger partial charge in [0.2, 0.25) is 0 Å². The first kappa shape index (κ1) is 27.0. The van der Waals surface area contributed by atoms with Gasteiger partial charge in [-0.05, 0) is 55.7 Å². The second kappa shape index (κ2) is 17.6. The molecular weight excluding hydrogens is 493 g/mol. The largest absolute Gasteiger partial charge is 0.494 e. The molecule has 6 nitrogen and oxygen atoms in total. The highest BCUT2D eigenvalue weighted by Crippen LogP contribution is 2.15. The van der Waals surface area contributed by atoms with Crippen LogP contribution in [0.4, 0.5) is 0 Å². The number of rotatable bonds is 13. The fourth-order valence-corrected chi connectivity index (χ4v) is 3.18. The Labute approximate surface area is 199 Å². The Bertz CT molecular complexity index is 563. The molecule has 1 fully saturated rings. The second-order valence-corrected chi connectivity index (χ2v) is 7.51. The van der Waals surface area contributed by atoms with Gasteiger partial charge in [-0.1, -0.05) is 25.5 Å². The molecule has 0 bridgehead atoms. The topological polar surface area (TPSA) is 64.1 Å². The molecule has 30 heavy (non-hydrogen) atoms. The van der Waals surface area contributed by atoms with Crippen molar-refractivity contribution in [1.82, 2.24) is 10.6 Å². The molecule has 1 heterocycles. The van der Waals surface area contributed by atoms with Crippen molar-refractivity contribution in [3.05, 3.63) is 29.8 Å². The summed E-state index contributed by atoms with van der Waals surface area (Å²) in [6.07, 6.45) is 6.43. The summed E-state index contributed by atoms with van der Waals surface area (Å²) in [6, 6.07) is 8.38. The molecule has 1 aliphatic heterocycles. The predicted molar refractivity (Wildman–Crippen MR) is 134 cm³/mol. The first-order valence-corrected chi connectivity index (χ1v) is 11.1. The quantitative estimate of drug-likeness (QED) is 0.174. The van der Waals surface area contributed by atoms with E-state index in [2.05, 4.69) is 46.8 Å². The highest BCUT2D eigenvalue weighted by molar-refractivity contribution is 14.0. The maximum absolute atomic E-state index is 5.80. The Hall–Kier alpha value is -1.06. The summed E-state index contributed by atoms with van der Waals surface area (Å²) in [6.45, 7) is 8.08. The van der Waals surface area contributed by atoms with Gasteiger partial charge in [0.25, 0.3) is 0 Å². The van der Waals surface area contributed by atoms with E-state index in [1.54, 1.807) is 7.05 Å². The monoisotopic (exact) mass is 533 g/mol. The summed E-state index contributed by atoms with van der Waals surface area (Å²) in [7, 11) is 1.80. The van der Waals surface area contributed by atoms with Crippen LogP contribution in [0.3, 0.4) is 0 Å². The van der Waals surface area contributed by atoms with E-state index < -0.39 is 0 Å². The van der Waals surface area contributed by atoms with Gasteiger partial charge in [-0.25, -0.2) is 0 Å². The lowest BCUT2D eigenvalue weighted by molar-refractivity contribution is 0.0203. The molecule has 0 aliphatic carbocycles. The zero-order chi connectivity index (χ0) is 20.6. The molecule has 1 aromatic carbocycles. The van der Waals surface area contributed by atoms with E-state index in [1.165, 1.54) is 5.56 Å². The average Bonchev–Trinajstić information content (AvgIpc) is 2.77. The fraction of sp³-hybridized carbons (Fsp3) is 0.696. The minimum absolute atomic E-state index is 0. The molecule has 0 unspecified atom stereocenters. The normalized spacial score (nSPS) is 14.8. The van der Waals surface area contributed by atoms with Crippen molar-refractivity contribution in [1.29, 1.82) is 0 Å². The zero-order valence-corrected chi connectivity index (χ0v) is 21.0. The molecule has 2 N–H and O–H groups in total. The highest BCUT2D eigenvalue weighted by atomic mass is 127. The molecule has 0 aromatic heterocycles. The van der Waals surface area contributed by atoms with E-state index in [-0.39, 0.29) is 24.0 Å². The smallest absolute Gasteiger partial charge is 0.190 e. The van der Waals surface area contributed by atoms with Gasteiger partial charge in [-0.3, -0.25) is 4.99 Å². The van der Waals surface area contributed by atoms with E-state index >= 15 is 0 Å². The van der Waals surface area contributed by atoms with Crippen LogP contribution < -0.4 is 15.4 Å². The molecule has 172 valence electrons. The number of hydrogen-bond donors (Lipinski definition) is 2. The van der Waals surface area contributed by atoms with E-state index in [1.807, 2.05) is 0 Å². The molecule has 1 saturated heterocycles. The molecule has 0 atom stereocenters. The zero-order valence-electron chi connectivity index (χ0n) is 18.7. The maximum atomic E-state index is 5.80. The van der Waals surface area contributed by atoms with Crippen LogP contribution in [0.2, 0.25) is 0 Å². The van der Waals surface area contributed by atoms with Gasteiger partial charge in [0.05, 0.1) is 6.61 Å². The first-order chi connectivity index (χ1) is 14.3. The molecule has 0 spiro atoms. The lowest BCUT2D eigenvalue weighted by atomic mass is 10.0. The van der Waals surface area contributed by atoms with Gasteiger partial charge in [0, 0.05) is 46.6 Å². The van der Waals surface area contributed by atoms with Crippen molar-refractivity contribution in [3.63, 3.8) is 0 Å². The van der Waals surface area contributed by atoms with Crippen LogP contribution in [0.25, 0.3) is 0 Å². The van der Waals surface area contributed by atoms with Crippen molar-refractivity contribution >= 4 is 29.9 Å². The summed E-state index contributed by atoms with van der Waals surface area (Å²) < 4.78 is 16.9. The molecule has 2 rings (SSSR count). The Balaban J connectivity index is 0.00000450. The summed E-state index contributed by atoms with van der Waals surface area (Å²) in [5.74, 6) is 2.46. The van der Waals surface area contributed by atoms with Crippen LogP contribution in [-0.4, -0.2) is 59.1 Å².